The Hall–Kier alpha value is -6.99. The van der Waals surface area contributed by atoms with Gasteiger partial charge in [0.2, 0.25) is 11.8 Å². The van der Waals surface area contributed by atoms with Gasteiger partial charge < -0.3 is 20.2 Å². The number of imide groups is 1. The summed E-state index contributed by atoms with van der Waals surface area (Å²) in [6.45, 7) is 23.4. The Kier molecular flexibility index (Phi) is 18.1. The predicted molar refractivity (Wildman–Crippen MR) is 342 cm³/mol. The summed E-state index contributed by atoms with van der Waals surface area (Å²) in [5.74, 6) is 9.02. The van der Waals surface area contributed by atoms with Crippen molar-refractivity contribution in [2.45, 2.75) is 189 Å². The van der Waals surface area contributed by atoms with Gasteiger partial charge in [0.25, 0.3) is 5.91 Å². The number of aliphatic imine (C=N–C) groups is 1. The van der Waals surface area contributed by atoms with Crippen molar-refractivity contribution in [3.05, 3.63) is 144 Å². The Labute approximate surface area is 516 Å². The van der Waals surface area contributed by atoms with Gasteiger partial charge in [-0.1, -0.05) is 74.2 Å². The molecule has 12 rings (SSSR count). The number of hydrogen-bond acceptors (Lipinski definition) is 12. The highest BCUT2D eigenvalue weighted by Gasteiger charge is 2.62. The predicted octanol–water partition coefficient (Wildman–Crippen LogP) is 13.3. The van der Waals surface area contributed by atoms with Crippen LogP contribution in [0.2, 0.25) is 5.02 Å². The van der Waals surface area contributed by atoms with E-state index in [2.05, 4.69) is 122 Å². The largest absolute Gasteiger partial charge is 0.383 e. The smallest absolute Gasteiger partial charge is 0.255 e. The summed E-state index contributed by atoms with van der Waals surface area (Å²) in [5.41, 5.74) is 12.4. The third-order valence-electron chi connectivity index (χ3n) is 19.1. The number of rotatable bonds is 11. The third kappa shape index (κ3) is 11.9. The first-order valence-electron chi connectivity index (χ1n) is 30.8. The topological polar surface area (TPSA) is 179 Å². The number of aryl methyl sites for hydroxylation is 2. The van der Waals surface area contributed by atoms with Crippen molar-refractivity contribution < 1.29 is 29.1 Å². The molecule has 7 atom stereocenters. The summed E-state index contributed by atoms with van der Waals surface area (Å²) >= 11 is 7.85. The van der Waals surface area contributed by atoms with Crippen LogP contribution in [0.1, 0.15) is 193 Å². The molecule has 7 aliphatic rings. The van der Waals surface area contributed by atoms with E-state index in [1.54, 1.807) is 27.9 Å². The number of hydrogen-bond donors (Lipinski definition) is 3. The summed E-state index contributed by atoms with van der Waals surface area (Å²) in [4.78, 5) is 71.0. The number of halogens is 1. The molecule has 3 aromatic carbocycles. The molecule has 3 fully saturated rings. The Morgan fingerprint density at radius 2 is 1.66 bits per heavy atom. The van der Waals surface area contributed by atoms with Gasteiger partial charge in [-0.05, 0) is 183 Å². The molecule has 3 aliphatic heterocycles. The lowest BCUT2D eigenvalue weighted by Gasteiger charge is -2.53. The van der Waals surface area contributed by atoms with E-state index in [-0.39, 0.29) is 59.1 Å². The van der Waals surface area contributed by atoms with Crippen molar-refractivity contribution in [2.24, 2.45) is 28.2 Å². The number of thiophene rings is 1. The van der Waals surface area contributed by atoms with Crippen molar-refractivity contribution in [2.75, 3.05) is 17.3 Å². The molecule has 452 valence electrons. The summed E-state index contributed by atoms with van der Waals surface area (Å²) in [6, 6.07) is 22.2. The highest BCUT2D eigenvalue weighted by molar-refractivity contribution is 7.15. The SMILES string of the molecule is CC#C[C@]1(O)CC[C@H]2[C@@H]3CCC4=CC(=O)CCC4=C3[C@@H](c3ccc(N(C)C(C)C)cc3)C[C@@]21C.CC(C)Nc1cccc2c1CN(C1CCC(=O)NC1=O)C2=O.Cc1sc2c(c1C)C(c1ccc(Cl)cc1)=NC(CC(=O)CC(C)C)c1nnc(C)n1-2. The highest BCUT2D eigenvalue weighted by atomic mass is 35.5. The van der Waals surface area contributed by atoms with E-state index in [9.17, 15) is 29.1 Å². The maximum atomic E-state index is 12.7. The maximum Gasteiger partial charge on any atom is 0.255 e. The average Bonchev–Trinajstić information content (AvgIpc) is 1.40. The van der Waals surface area contributed by atoms with Crippen LogP contribution in [-0.2, 0) is 25.7 Å². The molecule has 0 spiro atoms. The third-order valence-corrected chi connectivity index (χ3v) is 20.6. The van der Waals surface area contributed by atoms with Gasteiger partial charge in [-0.25, -0.2) is 0 Å². The van der Waals surface area contributed by atoms with Crippen LogP contribution in [0.15, 0.2) is 94.5 Å². The molecular formula is C70H83ClN8O6S. The monoisotopic (exact) mass is 1200 g/mol. The van der Waals surface area contributed by atoms with Crippen LogP contribution >= 0.6 is 22.9 Å². The number of carbonyl (C=O) groups excluding carboxylic acids is 5. The quantitative estimate of drug-likeness (QED) is 0.0851. The molecular weight excluding hydrogens is 1120 g/mol. The first kappa shape index (κ1) is 62.1. The van der Waals surface area contributed by atoms with Crippen molar-refractivity contribution in [3.8, 4) is 16.8 Å². The van der Waals surface area contributed by atoms with Gasteiger partial charge in [0.05, 0.1) is 5.71 Å². The van der Waals surface area contributed by atoms with E-state index in [0.29, 0.717) is 66.6 Å². The van der Waals surface area contributed by atoms with Gasteiger partial charge in [-0.3, -0.25) is 38.8 Å². The minimum absolute atomic E-state index is 0.142. The van der Waals surface area contributed by atoms with E-state index in [0.717, 1.165) is 83.3 Å². The number of allylic oxidation sites excluding steroid dienone is 4. The molecule has 3 amide bonds. The summed E-state index contributed by atoms with van der Waals surface area (Å²) < 4.78 is 2.08. The summed E-state index contributed by atoms with van der Waals surface area (Å²) in [7, 11) is 2.14. The second-order valence-corrected chi connectivity index (χ2v) is 27.5. The van der Waals surface area contributed by atoms with E-state index < -0.39 is 11.6 Å². The number of aliphatic hydroxyl groups is 1. The fourth-order valence-corrected chi connectivity index (χ4v) is 15.9. The summed E-state index contributed by atoms with van der Waals surface area (Å²) in [6.07, 6.45) is 9.74. The first-order valence-corrected chi connectivity index (χ1v) is 32.0. The Bertz CT molecular complexity index is 3650. The van der Waals surface area contributed by atoms with E-state index in [1.165, 1.54) is 32.8 Å². The molecule has 0 bridgehead atoms. The molecule has 2 unspecified atom stereocenters. The Balaban J connectivity index is 0.000000146. The van der Waals surface area contributed by atoms with Crippen LogP contribution in [0.25, 0.3) is 5.00 Å². The zero-order valence-corrected chi connectivity index (χ0v) is 53.6. The van der Waals surface area contributed by atoms with Crippen LogP contribution in [-0.4, -0.2) is 90.5 Å². The van der Waals surface area contributed by atoms with E-state index >= 15 is 0 Å². The lowest BCUT2D eigenvalue weighted by Crippen LogP contribution is -2.52. The number of benzene rings is 3. The number of amides is 3. The maximum absolute atomic E-state index is 12.7. The lowest BCUT2D eigenvalue weighted by atomic mass is 9.51. The van der Waals surface area contributed by atoms with Crippen molar-refractivity contribution in [3.63, 3.8) is 0 Å². The van der Waals surface area contributed by atoms with Crippen molar-refractivity contribution in [1.82, 2.24) is 25.0 Å². The van der Waals surface area contributed by atoms with Gasteiger partial charge in [0.15, 0.2) is 11.6 Å². The molecule has 86 heavy (non-hydrogen) atoms. The number of anilines is 2. The number of nitrogens with one attached hydrogen (secondary N) is 2. The number of aromatic nitrogens is 3. The molecule has 2 aromatic heterocycles. The van der Waals surface area contributed by atoms with Crippen LogP contribution in [0.3, 0.4) is 0 Å². The minimum Gasteiger partial charge on any atom is -0.383 e. The average molecular weight is 1200 g/mol. The molecule has 14 nitrogen and oxygen atoms in total. The van der Waals surface area contributed by atoms with E-state index in [1.807, 2.05) is 70.2 Å². The number of ketones is 2. The zero-order chi connectivity index (χ0) is 61.7. The zero-order valence-electron chi connectivity index (χ0n) is 52.0. The Morgan fingerprint density at radius 1 is 0.930 bits per heavy atom. The van der Waals surface area contributed by atoms with Crippen molar-refractivity contribution >= 4 is 69.3 Å². The standard InChI is InChI=1S/C31H39NO2.C23H25ClN4OS.C16H19N3O3/c1-6-16-31(34)17-15-28-26-13-9-22-18-24(33)12-14-25(22)29(26)27(19-30(28,31)4)21-7-10-23(11-8-21)32(5)20(2)3;1-12(2)10-18(29)11-19-22-27-26-15(5)28(22)23-20(13(3)14(4)30-23)21(25-19)16-6-8-17(24)9-7-16;1-9(2)17-12-5-3-4-10-11(12)8-19(16(10)22)13-6-7-14(20)18-15(13)21/h7-8,10-11,18,20,26-28,34H,9,12-15,17,19H2,1-5H3;6-9,12,19H,10-11H2,1-5H3;3-5,9,13,17H,6-8H2,1-2H3,(H,18,20,21)/t26-,27+,28-,30-,31-;;/m0../s1. The van der Waals surface area contributed by atoms with Gasteiger partial charge >= 0.3 is 0 Å². The molecule has 0 radical (unpaired) electrons. The van der Waals surface area contributed by atoms with Gasteiger partial charge in [-0.15, -0.1) is 27.5 Å². The van der Waals surface area contributed by atoms with Crippen LogP contribution in [0.4, 0.5) is 11.4 Å². The van der Waals surface area contributed by atoms with Gasteiger partial charge in [0.1, 0.15) is 34.3 Å². The lowest BCUT2D eigenvalue weighted by molar-refractivity contribution is -0.137. The number of nitrogens with zero attached hydrogens (tertiary/aromatic N) is 6. The van der Waals surface area contributed by atoms with Gasteiger partial charge in [-0.2, -0.15) is 0 Å². The summed E-state index contributed by atoms with van der Waals surface area (Å²) in [5, 5.41) is 28.0. The number of Topliss-reactive ketones (excluding diaryl/α,β-unsaturated/α-hetero) is 1. The molecule has 3 N–H and O–H groups in total. The fourth-order valence-electron chi connectivity index (χ4n) is 14.5. The molecule has 16 heteroatoms. The van der Waals surface area contributed by atoms with Crippen LogP contribution in [0.5, 0.6) is 0 Å². The minimum atomic E-state index is -0.919. The number of piperidine rings is 1. The molecule has 1 saturated heterocycles. The molecule has 2 saturated carbocycles. The van der Waals surface area contributed by atoms with E-state index in [4.69, 9.17) is 16.6 Å². The van der Waals surface area contributed by atoms with Gasteiger partial charge in [0, 0.05) is 106 Å². The second kappa shape index (κ2) is 25.0. The number of fused-ring (bicyclic) bond motifs is 8. The first-order chi connectivity index (χ1) is 40.9. The van der Waals surface area contributed by atoms with Crippen molar-refractivity contribution in [1.29, 1.82) is 0 Å². The van der Waals surface area contributed by atoms with Crippen LogP contribution < -0.4 is 15.5 Å². The fraction of sp³-hybridized carbons (Fsp3) is 0.486. The normalized spacial score (nSPS) is 24.5. The highest BCUT2D eigenvalue weighted by Crippen LogP contribution is 2.66. The molecule has 4 aliphatic carbocycles. The number of carbonyl (C=O) groups is 5. The Morgan fingerprint density at radius 3 is 2.34 bits per heavy atom. The molecule has 5 aromatic rings. The van der Waals surface area contributed by atoms with Crippen LogP contribution in [0, 0.1) is 55.8 Å². The molecule has 5 heterocycles. The second-order valence-electron chi connectivity index (χ2n) is 25.8.